The van der Waals surface area contributed by atoms with Crippen LogP contribution in [0.3, 0.4) is 0 Å². The van der Waals surface area contributed by atoms with Crippen LogP contribution < -0.4 is 5.32 Å². The number of hydrogen-bond donors (Lipinski definition) is 1. The van der Waals surface area contributed by atoms with Crippen molar-refractivity contribution < 1.29 is 23.1 Å². The summed E-state index contributed by atoms with van der Waals surface area (Å²) in [4.78, 5) is 23.8. The van der Waals surface area contributed by atoms with Gasteiger partial charge < -0.3 is 10.1 Å². The summed E-state index contributed by atoms with van der Waals surface area (Å²) in [5.41, 5.74) is 0.400. The predicted molar refractivity (Wildman–Crippen MR) is 84.5 cm³/mol. The lowest BCUT2D eigenvalue weighted by molar-refractivity contribution is -0.129. The topological polar surface area (TPSA) is 55.4 Å². The number of nitrogens with one attached hydrogen (secondary N) is 1. The smallest absolute Gasteiger partial charge is 0.339 e. The van der Waals surface area contributed by atoms with Crippen molar-refractivity contribution in [3.8, 4) is 0 Å². The molecule has 0 saturated carbocycles. The Morgan fingerprint density at radius 2 is 1.79 bits per heavy atom. The van der Waals surface area contributed by atoms with E-state index in [1.54, 1.807) is 24.3 Å². The highest BCUT2D eigenvalue weighted by Crippen LogP contribution is 2.14. The van der Waals surface area contributed by atoms with Crippen molar-refractivity contribution >= 4 is 23.5 Å². The van der Waals surface area contributed by atoms with Gasteiger partial charge in [0.25, 0.3) is 5.91 Å². The average molecular weight is 354 g/mol. The molecule has 0 fully saturated rings. The molecule has 0 radical (unpaired) electrons. The molecule has 0 spiro atoms. The second-order valence-electron chi connectivity index (χ2n) is 5.01. The Labute approximate surface area is 142 Å². The number of ether oxygens (including phenoxy) is 1. The Hall–Kier alpha value is -2.47. The summed E-state index contributed by atoms with van der Waals surface area (Å²) in [5, 5.41) is 3.07. The third-order valence-corrected chi connectivity index (χ3v) is 3.53. The van der Waals surface area contributed by atoms with Crippen LogP contribution >= 0.6 is 11.6 Å². The molecule has 7 heteroatoms. The summed E-state index contributed by atoms with van der Waals surface area (Å²) in [6, 6.07) is 9.27. The van der Waals surface area contributed by atoms with E-state index in [0.717, 1.165) is 12.1 Å². The molecule has 0 bridgehead atoms. The van der Waals surface area contributed by atoms with E-state index in [-0.39, 0.29) is 12.1 Å². The summed E-state index contributed by atoms with van der Waals surface area (Å²) in [6.45, 7) is 1.52. The van der Waals surface area contributed by atoms with Gasteiger partial charge >= 0.3 is 5.97 Å². The molecule has 0 saturated heterocycles. The van der Waals surface area contributed by atoms with Gasteiger partial charge in [0, 0.05) is 17.6 Å². The highest BCUT2D eigenvalue weighted by molar-refractivity contribution is 6.31. The maximum Gasteiger partial charge on any atom is 0.339 e. The first-order valence-corrected chi connectivity index (χ1v) is 7.43. The maximum atomic E-state index is 13.1. The van der Waals surface area contributed by atoms with Gasteiger partial charge in [0.05, 0.1) is 5.56 Å². The number of carbonyl (C=O) groups excluding carboxylic acids is 2. The molecule has 1 atom stereocenters. The van der Waals surface area contributed by atoms with Gasteiger partial charge in [0.15, 0.2) is 6.10 Å². The lowest BCUT2D eigenvalue weighted by Gasteiger charge is -2.14. The molecular formula is C17H14ClF2NO3. The number of carbonyl (C=O) groups is 2. The lowest BCUT2D eigenvalue weighted by Crippen LogP contribution is -2.35. The van der Waals surface area contributed by atoms with E-state index in [0.29, 0.717) is 16.7 Å². The predicted octanol–water partition coefficient (Wildman–Crippen LogP) is 3.48. The van der Waals surface area contributed by atoms with Gasteiger partial charge in [-0.25, -0.2) is 13.6 Å². The van der Waals surface area contributed by atoms with Crippen molar-refractivity contribution in [2.24, 2.45) is 0 Å². The van der Waals surface area contributed by atoms with E-state index < -0.39 is 29.6 Å². The molecule has 2 rings (SSSR count). The molecular weight excluding hydrogens is 340 g/mol. The molecule has 2 aromatic carbocycles. The minimum absolute atomic E-state index is 0.162. The molecule has 0 aliphatic rings. The van der Waals surface area contributed by atoms with Crippen LogP contribution in [0.2, 0.25) is 5.02 Å². The summed E-state index contributed by atoms with van der Waals surface area (Å²) in [6.07, 6.45) is -1.13. The third kappa shape index (κ3) is 4.76. The van der Waals surface area contributed by atoms with E-state index in [1.165, 1.54) is 6.92 Å². The number of amides is 1. The van der Waals surface area contributed by atoms with Crippen molar-refractivity contribution in [1.29, 1.82) is 0 Å². The Morgan fingerprint density at radius 3 is 2.42 bits per heavy atom. The van der Waals surface area contributed by atoms with E-state index in [4.69, 9.17) is 16.3 Å². The van der Waals surface area contributed by atoms with Crippen molar-refractivity contribution in [3.05, 3.63) is 70.2 Å². The summed E-state index contributed by atoms with van der Waals surface area (Å²) in [5.74, 6) is -3.36. The number of halogens is 3. The molecule has 0 heterocycles. The van der Waals surface area contributed by atoms with Crippen molar-refractivity contribution in [2.45, 2.75) is 19.6 Å². The zero-order valence-electron chi connectivity index (χ0n) is 12.7. The fraction of sp³-hybridized carbons (Fsp3) is 0.176. The van der Waals surface area contributed by atoms with Gasteiger partial charge in [-0.2, -0.15) is 0 Å². The first-order valence-electron chi connectivity index (χ1n) is 7.05. The Morgan fingerprint density at radius 1 is 1.17 bits per heavy atom. The zero-order valence-corrected chi connectivity index (χ0v) is 13.4. The fourth-order valence-electron chi connectivity index (χ4n) is 1.92. The van der Waals surface area contributed by atoms with Crippen LogP contribution in [0.1, 0.15) is 22.8 Å². The molecule has 0 aromatic heterocycles. The van der Waals surface area contributed by atoms with E-state index in [2.05, 4.69) is 5.32 Å². The highest BCUT2D eigenvalue weighted by Gasteiger charge is 2.20. The van der Waals surface area contributed by atoms with Gasteiger partial charge in [-0.3, -0.25) is 4.79 Å². The monoisotopic (exact) mass is 353 g/mol. The highest BCUT2D eigenvalue weighted by atomic mass is 35.5. The Bertz CT molecular complexity index is 747. The molecule has 126 valence electrons. The van der Waals surface area contributed by atoms with E-state index >= 15 is 0 Å². The number of benzene rings is 2. The quantitative estimate of drug-likeness (QED) is 0.837. The molecule has 1 N–H and O–H groups in total. The fourth-order valence-corrected chi connectivity index (χ4v) is 2.12. The van der Waals surface area contributed by atoms with Crippen molar-refractivity contribution in [3.63, 3.8) is 0 Å². The summed E-state index contributed by atoms with van der Waals surface area (Å²) in [7, 11) is 0. The number of rotatable bonds is 5. The van der Waals surface area contributed by atoms with E-state index in [9.17, 15) is 18.4 Å². The second kappa shape index (κ2) is 7.88. The van der Waals surface area contributed by atoms with Gasteiger partial charge in [0.2, 0.25) is 0 Å². The summed E-state index contributed by atoms with van der Waals surface area (Å²) >= 11 is 5.97. The lowest BCUT2D eigenvalue weighted by atomic mass is 10.2. The molecule has 1 amide bonds. The minimum Gasteiger partial charge on any atom is -0.449 e. The van der Waals surface area contributed by atoms with Gasteiger partial charge in [-0.05, 0) is 30.7 Å². The standard InChI is InChI=1S/C17H14ClF2NO3/c1-10(16(22)21-9-11-4-2-3-5-15(11)18)24-17(23)12-6-13(19)8-14(20)7-12/h2-8,10H,9H2,1H3,(H,21,22). The Kier molecular flexibility index (Phi) is 5.87. The second-order valence-corrected chi connectivity index (χ2v) is 5.42. The molecule has 1 unspecified atom stereocenters. The molecule has 0 aliphatic heterocycles. The minimum atomic E-state index is -1.13. The van der Waals surface area contributed by atoms with Crippen LogP contribution in [0, 0.1) is 11.6 Å². The number of hydrogen-bond acceptors (Lipinski definition) is 3. The normalized spacial score (nSPS) is 11.7. The van der Waals surface area contributed by atoms with Crippen LogP contribution in [0.15, 0.2) is 42.5 Å². The zero-order chi connectivity index (χ0) is 17.7. The number of esters is 1. The van der Waals surface area contributed by atoms with Gasteiger partial charge in [-0.1, -0.05) is 29.8 Å². The van der Waals surface area contributed by atoms with Crippen molar-refractivity contribution in [2.75, 3.05) is 0 Å². The van der Waals surface area contributed by atoms with Crippen molar-refractivity contribution in [1.82, 2.24) is 5.32 Å². The summed E-state index contributed by atoms with van der Waals surface area (Å²) < 4.78 is 31.1. The van der Waals surface area contributed by atoms with Crippen LogP contribution in [0.25, 0.3) is 0 Å². The average Bonchev–Trinajstić information content (AvgIpc) is 2.52. The Balaban J connectivity index is 1.93. The largest absolute Gasteiger partial charge is 0.449 e. The molecule has 4 nitrogen and oxygen atoms in total. The molecule has 2 aromatic rings. The SMILES string of the molecule is CC(OC(=O)c1cc(F)cc(F)c1)C(=O)NCc1ccccc1Cl. The van der Waals surface area contributed by atoms with E-state index in [1.807, 2.05) is 0 Å². The molecule has 24 heavy (non-hydrogen) atoms. The first-order chi connectivity index (χ1) is 11.4. The van der Waals surface area contributed by atoms with Crippen LogP contribution in [0.4, 0.5) is 8.78 Å². The van der Waals surface area contributed by atoms with Gasteiger partial charge in [-0.15, -0.1) is 0 Å². The third-order valence-electron chi connectivity index (χ3n) is 3.16. The van der Waals surface area contributed by atoms with Gasteiger partial charge in [0.1, 0.15) is 11.6 Å². The van der Waals surface area contributed by atoms with Crippen LogP contribution in [-0.4, -0.2) is 18.0 Å². The van der Waals surface area contributed by atoms with Crippen LogP contribution in [-0.2, 0) is 16.1 Å². The first kappa shape index (κ1) is 17.9. The maximum absolute atomic E-state index is 13.1. The molecule has 0 aliphatic carbocycles. The van der Waals surface area contributed by atoms with Crippen LogP contribution in [0.5, 0.6) is 0 Å².